The fourth-order valence-corrected chi connectivity index (χ4v) is 4.47. The fourth-order valence-electron chi connectivity index (χ4n) is 3.72. The Labute approximate surface area is 225 Å². The number of ether oxygens (including phenoxy) is 2. The molecule has 0 radical (unpaired) electrons. The Kier molecular flexibility index (Phi) is 10.9. The van der Waals surface area contributed by atoms with Crippen LogP contribution in [0.1, 0.15) is 30.6 Å². The number of allylic oxidation sites excluding steroid dienone is 1. The van der Waals surface area contributed by atoms with Gasteiger partial charge in [-0.2, -0.15) is 13.2 Å². The summed E-state index contributed by atoms with van der Waals surface area (Å²) in [7, 11) is 1.32. The molecule has 0 unspecified atom stereocenters. The molecule has 0 fully saturated rings. The molecule has 204 valence electrons. The number of hydrogen-bond acceptors (Lipinski definition) is 7. The Balaban J connectivity index is 2.58. The molecule has 1 aliphatic rings. The highest BCUT2D eigenvalue weighted by atomic mass is 127. The SMILES string of the molecule is COc1cc(C=O)cc(I)c1O[C@H]1C=C(C(=O)NCCO)C[C@@H](N(CC(F)(F)F)C(=O)C=C(C)C)[C@@H]1O. The summed E-state index contributed by atoms with van der Waals surface area (Å²) in [6.45, 7) is 0.930. The first-order valence-electron chi connectivity index (χ1n) is 11.1. The maximum absolute atomic E-state index is 13.5. The lowest BCUT2D eigenvalue weighted by Gasteiger charge is -2.40. The first-order chi connectivity index (χ1) is 17.3. The Morgan fingerprint density at radius 1 is 1.30 bits per heavy atom. The molecule has 1 aromatic carbocycles. The largest absolute Gasteiger partial charge is 0.493 e. The average molecular weight is 640 g/mol. The number of benzene rings is 1. The van der Waals surface area contributed by atoms with Gasteiger partial charge in [0.15, 0.2) is 11.5 Å². The number of aldehydes is 1. The van der Waals surface area contributed by atoms with Crippen molar-refractivity contribution >= 4 is 40.7 Å². The third kappa shape index (κ3) is 8.43. The molecule has 0 heterocycles. The van der Waals surface area contributed by atoms with E-state index in [1.807, 2.05) is 22.6 Å². The molecule has 0 bridgehead atoms. The number of nitrogens with zero attached hydrogens (tertiary/aromatic N) is 1. The van der Waals surface area contributed by atoms with Crippen molar-refractivity contribution in [2.45, 2.75) is 44.7 Å². The molecule has 1 aliphatic carbocycles. The minimum Gasteiger partial charge on any atom is -0.493 e. The standard InChI is InChI=1S/C24H28F3IN2O7/c1-13(2)6-20(33)30(12-24(25,26)27)17-9-15(23(35)29-4-5-31)10-18(21(17)34)37-22-16(28)7-14(11-32)8-19(22)36-3/h6-8,10-11,17-18,21,31,34H,4-5,9,12H2,1-3H3,(H,29,35)/t17-,18+,21+/m1/s1. The van der Waals surface area contributed by atoms with Crippen LogP contribution in [0.5, 0.6) is 11.5 Å². The van der Waals surface area contributed by atoms with Crippen LogP contribution in [0, 0.1) is 3.57 Å². The number of alkyl halides is 3. The summed E-state index contributed by atoms with van der Waals surface area (Å²) in [5, 5.41) is 22.6. The maximum Gasteiger partial charge on any atom is 0.406 e. The molecule has 0 spiro atoms. The fraction of sp³-hybridized carbons (Fsp3) is 0.458. The molecule has 3 atom stereocenters. The minimum atomic E-state index is -4.79. The summed E-state index contributed by atoms with van der Waals surface area (Å²) in [6.07, 6.45) is -5.35. The summed E-state index contributed by atoms with van der Waals surface area (Å²) in [5.41, 5.74) is 0.685. The molecular formula is C24H28F3IN2O7. The predicted octanol–water partition coefficient (Wildman–Crippen LogP) is 2.38. The topological polar surface area (TPSA) is 125 Å². The number of carbonyl (C=O) groups excluding carboxylic acids is 3. The van der Waals surface area contributed by atoms with E-state index in [-0.39, 0.29) is 35.8 Å². The summed E-state index contributed by atoms with van der Waals surface area (Å²) >= 11 is 1.86. The zero-order chi connectivity index (χ0) is 27.9. The molecule has 9 nitrogen and oxygen atoms in total. The zero-order valence-electron chi connectivity index (χ0n) is 20.3. The van der Waals surface area contributed by atoms with Crippen LogP contribution in [0.25, 0.3) is 0 Å². The van der Waals surface area contributed by atoms with Crippen LogP contribution >= 0.6 is 22.6 Å². The van der Waals surface area contributed by atoms with Crippen molar-refractivity contribution in [3.63, 3.8) is 0 Å². The number of aliphatic hydroxyl groups is 2. The Bertz CT molecular complexity index is 1070. The number of nitrogens with one attached hydrogen (secondary N) is 1. The predicted molar refractivity (Wildman–Crippen MR) is 135 cm³/mol. The number of halogens is 4. The molecule has 0 aliphatic heterocycles. The van der Waals surface area contributed by atoms with Gasteiger partial charge in [-0.1, -0.05) is 5.57 Å². The summed E-state index contributed by atoms with van der Waals surface area (Å²) in [5.74, 6) is -1.47. The highest BCUT2D eigenvalue weighted by molar-refractivity contribution is 14.1. The van der Waals surface area contributed by atoms with Gasteiger partial charge in [0.1, 0.15) is 25.0 Å². The number of aliphatic hydroxyl groups excluding tert-OH is 2. The second kappa shape index (κ2) is 13.2. The van der Waals surface area contributed by atoms with Crippen LogP contribution in [-0.2, 0) is 9.59 Å². The quantitative estimate of drug-likeness (QED) is 0.204. The van der Waals surface area contributed by atoms with Gasteiger partial charge in [-0.15, -0.1) is 0 Å². The van der Waals surface area contributed by atoms with E-state index in [1.165, 1.54) is 39.2 Å². The molecule has 1 aromatic rings. The van der Waals surface area contributed by atoms with Crippen molar-refractivity contribution in [1.29, 1.82) is 0 Å². The van der Waals surface area contributed by atoms with E-state index in [2.05, 4.69) is 5.32 Å². The molecule has 0 aromatic heterocycles. The van der Waals surface area contributed by atoms with Gasteiger partial charge in [0.05, 0.1) is 23.3 Å². The Morgan fingerprint density at radius 3 is 2.51 bits per heavy atom. The normalized spacial score (nSPS) is 19.4. The van der Waals surface area contributed by atoms with Crippen LogP contribution in [0.4, 0.5) is 13.2 Å². The highest BCUT2D eigenvalue weighted by Gasteiger charge is 2.44. The second-order valence-electron chi connectivity index (χ2n) is 8.47. The first-order valence-corrected chi connectivity index (χ1v) is 12.2. The molecule has 2 amide bonds. The third-order valence-electron chi connectivity index (χ3n) is 5.30. The number of carbonyl (C=O) groups is 3. The average Bonchev–Trinajstić information content (AvgIpc) is 2.82. The van der Waals surface area contributed by atoms with Gasteiger partial charge in [-0.3, -0.25) is 14.4 Å². The summed E-state index contributed by atoms with van der Waals surface area (Å²) in [6, 6.07) is 1.38. The zero-order valence-corrected chi connectivity index (χ0v) is 22.5. The van der Waals surface area contributed by atoms with Gasteiger partial charge >= 0.3 is 6.18 Å². The van der Waals surface area contributed by atoms with Gasteiger partial charge in [-0.05, 0) is 54.6 Å². The van der Waals surface area contributed by atoms with E-state index < -0.39 is 49.2 Å². The highest BCUT2D eigenvalue weighted by Crippen LogP contribution is 2.37. The lowest BCUT2D eigenvalue weighted by Crippen LogP contribution is -2.56. The first kappa shape index (κ1) is 30.6. The van der Waals surface area contributed by atoms with Crippen molar-refractivity contribution in [2.75, 3.05) is 26.8 Å². The van der Waals surface area contributed by atoms with Crippen LogP contribution < -0.4 is 14.8 Å². The van der Waals surface area contributed by atoms with Gasteiger partial charge < -0.3 is 29.9 Å². The number of hydrogen-bond donors (Lipinski definition) is 3. The Hall–Kier alpha value is -2.65. The molecular weight excluding hydrogens is 612 g/mol. The van der Waals surface area contributed by atoms with E-state index in [4.69, 9.17) is 14.6 Å². The van der Waals surface area contributed by atoms with Crippen LogP contribution in [0.15, 0.2) is 35.4 Å². The maximum atomic E-state index is 13.5. The van der Waals surface area contributed by atoms with Crippen molar-refractivity contribution in [3.8, 4) is 11.5 Å². The number of amides is 2. The summed E-state index contributed by atoms with van der Waals surface area (Å²) < 4.78 is 52.1. The summed E-state index contributed by atoms with van der Waals surface area (Å²) in [4.78, 5) is 37.2. The second-order valence-corrected chi connectivity index (χ2v) is 9.63. The smallest absolute Gasteiger partial charge is 0.406 e. The van der Waals surface area contributed by atoms with E-state index in [9.17, 15) is 32.7 Å². The van der Waals surface area contributed by atoms with Crippen molar-refractivity contribution in [1.82, 2.24) is 10.2 Å². The van der Waals surface area contributed by atoms with Crippen LogP contribution in [-0.4, -0.2) is 84.4 Å². The lowest BCUT2D eigenvalue weighted by molar-refractivity contribution is -0.169. The number of methoxy groups -OCH3 is 1. The van der Waals surface area contributed by atoms with Gasteiger partial charge in [0, 0.05) is 30.2 Å². The van der Waals surface area contributed by atoms with E-state index >= 15 is 0 Å². The van der Waals surface area contributed by atoms with Crippen LogP contribution in [0.2, 0.25) is 0 Å². The van der Waals surface area contributed by atoms with Crippen molar-refractivity contribution < 1.29 is 47.2 Å². The molecule has 0 saturated carbocycles. The molecule has 0 saturated heterocycles. The van der Waals surface area contributed by atoms with Crippen LogP contribution in [0.3, 0.4) is 0 Å². The minimum absolute atomic E-state index is 0.0376. The molecule has 13 heteroatoms. The van der Waals surface area contributed by atoms with E-state index in [0.29, 0.717) is 20.3 Å². The Morgan fingerprint density at radius 2 is 1.97 bits per heavy atom. The number of rotatable bonds is 10. The van der Waals surface area contributed by atoms with E-state index in [1.54, 1.807) is 0 Å². The van der Waals surface area contributed by atoms with Crippen molar-refractivity contribution in [3.05, 3.63) is 44.6 Å². The molecule has 37 heavy (non-hydrogen) atoms. The lowest BCUT2D eigenvalue weighted by atomic mass is 9.88. The third-order valence-corrected chi connectivity index (χ3v) is 6.10. The monoisotopic (exact) mass is 640 g/mol. The van der Waals surface area contributed by atoms with Crippen molar-refractivity contribution in [2.24, 2.45) is 0 Å². The molecule has 3 N–H and O–H groups in total. The molecule has 2 rings (SSSR count). The van der Waals surface area contributed by atoms with Gasteiger partial charge in [0.2, 0.25) is 11.8 Å². The van der Waals surface area contributed by atoms with Gasteiger partial charge in [-0.25, -0.2) is 0 Å². The van der Waals surface area contributed by atoms with E-state index in [0.717, 1.165) is 6.08 Å². The van der Waals surface area contributed by atoms with Gasteiger partial charge in [0.25, 0.3) is 0 Å².